The average molecular weight is 120 g/mol. The maximum Gasteiger partial charge on any atom is 0.246 e. The summed E-state index contributed by atoms with van der Waals surface area (Å²) >= 11 is 0. The molecule has 9 heavy (non-hydrogen) atoms. The third-order valence-corrected chi connectivity index (χ3v) is 0.708. The van der Waals surface area contributed by atoms with E-state index in [-0.39, 0.29) is 5.82 Å². The van der Waals surface area contributed by atoms with Crippen molar-refractivity contribution in [3.8, 4) is 12.3 Å². The molecule has 0 unspecified atom stereocenters. The van der Waals surface area contributed by atoms with E-state index in [9.17, 15) is 0 Å². The fourth-order valence-electron chi connectivity index (χ4n) is 0.337. The van der Waals surface area contributed by atoms with Crippen LogP contribution in [0.1, 0.15) is 11.6 Å². The van der Waals surface area contributed by atoms with E-state index in [0.29, 0.717) is 5.82 Å². The van der Waals surface area contributed by atoms with Crippen LogP contribution in [0, 0.1) is 19.3 Å². The molecular formula is C5H4N4. The Balaban J connectivity index is 3.06. The molecule has 0 radical (unpaired) electrons. The zero-order valence-electron chi connectivity index (χ0n) is 4.87. The van der Waals surface area contributed by atoms with Crippen molar-refractivity contribution in [1.82, 2.24) is 20.4 Å². The second kappa shape index (κ2) is 2.18. The fraction of sp³-hybridized carbons (Fsp3) is 0.200. The van der Waals surface area contributed by atoms with Gasteiger partial charge < -0.3 is 0 Å². The molecule has 0 aliphatic rings. The first-order chi connectivity index (χ1) is 4.33. The van der Waals surface area contributed by atoms with Gasteiger partial charge in [-0.2, -0.15) is 0 Å². The minimum Gasteiger partial charge on any atom is -0.131 e. The maximum atomic E-state index is 4.94. The molecule has 0 atom stereocenters. The van der Waals surface area contributed by atoms with Gasteiger partial charge in [0, 0.05) is 0 Å². The Labute approximate surface area is 52.3 Å². The van der Waals surface area contributed by atoms with Crippen LogP contribution < -0.4 is 0 Å². The first kappa shape index (κ1) is 5.63. The first-order valence-electron chi connectivity index (χ1n) is 2.33. The third-order valence-electron chi connectivity index (χ3n) is 0.708. The van der Waals surface area contributed by atoms with E-state index < -0.39 is 0 Å². The molecule has 1 rings (SSSR count). The van der Waals surface area contributed by atoms with Crippen LogP contribution in [-0.2, 0) is 0 Å². The van der Waals surface area contributed by atoms with Gasteiger partial charge in [-0.1, -0.05) is 0 Å². The summed E-state index contributed by atoms with van der Waals surface area (Å²) in [7, 11) is 0. The van der Waals surface area contributed by atoms with E-state index in [1.54, 1.807) is 6.92 Å². The zero-order chi connectivity index (χ0) is 6.69. The van der Waals surface area contributed by atoms with E-state index in [1.165, 1.54) is 0 Å². The molecule has 0 aliphatic heterocycles. The van der Waals surface area contributed by atoms with Crippen molar-refractivity contribution in [2.75, 3.05) is 0 Å². The highest BCUT2D eigenvalue weighted by atomic mass is 15.3. The van der Waals surface area contributed by atoms with Crippen LogP contribution in [0.2, 0.25) is 0 Å². The Morgan fingerprint density at radius 3 is 2.22 bits per heavy atom. The molecular weight excluding hydrogens is 116 g/mol. The average Bonchev–Trinajstić information content (AvgIpc) is 1.90. The number of aryl methyl sites for hydroxylation is 1. The van der Waals surface area contributed by atoms with Gasteiger partial charge in [0.1, 0.15) is 0 Å². The second-order valence-electron chi connectivity index (χ2n) is 1.42. The monoisotopic (exact) mass is 120 g/mol. The quantitative estimate of drug-likeness (QED) is 0.435. The van der Waals surface area contributed by atoms with E-state index in [0.717, 1.165) is 0 Å². The molecule has 0 saturated heterocycles. The predicted octanol–water partition coefficient (Wildman–Crippen LogP) is -0.444. The number of nitrogens with zero attached hydrogens (tertiary/aromatic N) is 4. The van der Waals surface area contributed by atoms with Crippen LogP contribution in [0.15, 0.2) is 0 Å². The Kier molecular flexibility index (Phi) is 1.36. The zero-order valence-corrected chi connectivity index (χ0v) is 4.87. The summed E-state index contributed by atoms with van der Waals surface area (Å²) in [6, 6.07) is 0. The van der Waals surface area contributed by atoms with Crippen molar-refractivity contribution in [2.45, 2.75) is 6.92 Å². The van der Waals surface area contributed by atoms with Crippen molar-refractivity contribution in [3.63, 3.8) is 0 Å². The Hall–Kier alpha value is -1.50. The van der Waals surface area contributed by atoms with Gasteiger partial charge in [-0.3, -0.25) is 0 Å². The predicted molar refractivity (Wildman–Crippen MR) is 30.3 cm³/mol. The van der Waals surface area contributed by atoms with E-state index in [1.807, 2.05) is 0 Å². The van der Waals surface area contributed by atoms with Gasteiger partial charge in [0.05, 0.1) is 0 Å². The van der Waals surface area contributed by atoms with Gasteiger partial charge >= 0.3 is 0 Å². The van der Waals surface area contributed by atoms with Gasteiger partial charge in [-0.05, 0) is 12.8 Å². The Bertz CT molecular complexity index is 232. The number of hydrogen-bond acceptors (Lipinski definition) is 4. The largest absolute Gasteiger partial charge is 0.246 e. The second-order valence-corrected chi connectivity index (χ2v) is 1.42. The van der Waals surface area contributed by atoms with Crippen molar-refractivity contribution in [1.29, 1.82) is 0 Å². The first-order valence-corrected chi connectivity index (χ1v) is 2.33. The van der Waals surface area contributed by atoms with Gasteiger partial charge in [0.15, 0.2) is 5.82 Å². The smallest absolute Gasteiger partial charge is 0.131 e. The summed E-state index contributed by atoms with van der Waals surface area (Å²) in [5.41, 5.74) is 0. The van der Waals surface area contributed by atoms with Crippen LogP contribution >= 0.6 is 0 Å². The lowest BCUT2D eigenvalue weighted by atomic mass is 10.6. The fourth-order valence-corrected chi connectivity index (χ4v) is 0.337. The van der Waals surface area contributed by atoms with Crippen molar-refractivity contribution < 1.29 is 0 Å². The molecule has 0 bridgehead atoms. The van der Waals surface area contributed by atoms with Crippen molar-refractivity contribution in [3.05, 3.63) is 11.6 Å². The van der Waals surface area contributed by atoms with Crippen LogP contribution in [0.5, 0.6) is 0 Å². The normalized spacial score (nSPS) is 8.44. The summed E-state index contributed by atoms with van der Waals surface area (Å²) in [4.78, 5) is 0. The SMILES string of the molecule is C#Cc1nnc(C)nn1. The molecule has 4 heteroatoms. The molecule has 0 N–H and O–H groups in total. The summed E-state index contributed by atoms with van der Waals surface area (Å²) in [6.07, 6.45) is 4.94. The van der Waals surface area contributed by atoms with Crippen LogP contribution in [0.4, 0.5) is 0 Å². The molecule has 1 aromatic rings. The standard InChI is InChI=1S/C5H4N4/c1-3-5-8-6-4(2)7-9-5/h1H,2H3. The van der Waals surface area contributed by atoms with Gasteiger partial charge in [0.25, 0.3) is 0 Å². The maximum absolute atomic E-state index is 4.94. The highest BCUT2D eigenvalue weighted by Crippen LogP contribution is 1.79. The summed E-state index contributed by atoms with van der Waals surface area (Å²) < 4.78 is 0. The minimum absolute atomic E-state index is 0.223. The minimum atomic E-state index is 0.223. The highest BCUT2D eigenvalue weighted by Gasteiger charge is 1.89. The lowest BCUT2D eigenvalue weighted by Crippen LogP contribution is -1.98. The molecule has 0 aromatic carbocycles. The number of rotatable bonds is 0. The molecule has 0 aliphatic carbocycles. The Morgan fingerprint density at radius 1 is 1.22 bits per heavy atom. The molecule has 0 amide bonds. The molecule has 0 saturated carbocycles. The highest BCUT2D eigenvalue weighted by molar-refractivity contribution is 5.10. The third kappa shape index (κ3) is 1.19. The summed E-state index contributed by atoms with van der Waals surface area (Å²) in [5.74, 6) is 2.95. The van der Waals surface area contributed by atoms with Gasteiger partial charge in [-0.25, -0.2) is 0 Å². The van der Waals surface area contributed by atoms with Crippen molar-refractivity contribution in [2.24, 2.45) is 0 Å². The van der Waals surface area contributed by atoms with E-state index in [4.69, 9.17) is 6.42 Å². The van der Waals surface area contributed by atoms with Crippen LogP contribution in [-0.4, -0.2) is 20.4 Å². The summed E-state index contributed by atoms with van der Waals surface area (Å²) in [6.45, 7) is 1.69. The van der Waals surface area contributed by atoms with Gasteiger partial charge in [0.2, 0.25) is 5.82 Å². The molecule has 0 spiro atoms. The van der Waals surface area contributed by atoms with Crippen molar-refractivity contribution >= 4 is 0 Å². The molecule has 1 heterocycles. The molecule has 1 aromatic heterocycles. The number of hydrogen-bond donors (Lipinski definition) is 0. The molecule has 4 nitrogen and oxygen atoms in total. The lowest BCUT2D eigenvalue weighted by molar-refractivity contribution is 0.792. The lowest BCUT2D eigenvalue weighted by Gasteiger charge is -1.84. The van der Waals surface area contributed by atoms with Gasteiger partial charge in [-0.15, -0.1) is 26.8 Å². The van der Waals surface area contributed by atoms with Crippen LogP contribution in [0.25, 0.3) is 0 Å². The number of terminal acetylenes is 1. The Morgan fingerprint density at radius 2 is 1.78 bits per heavy atom. The molecule has 44 valence electrons. The topological polar surface area (TPSA) is 51.6 Å². The number of aromatic nitrogens is 4. The van der Waals surface area contributed by atoms with Crippen LogP contribution in [0.3, 0.4) is 0 Å². The summed E-state index contributed by atoms with van der Waals surface area (Å²) in [5, 5.41) is 14.2. The van der Waals surface area contributed by atoms with E-state index in [2.05, 4.69) is 26.3 Å². The molecule has 0 fully saturated rings. The van der Waals surface area contributed by atoms with E-state index >= 15 is 0 Å².